The van der Waals surface area contributed by atoms with Crippen molar-refractivity contribution in [3.63, 3.8) is 0 Å². The molecular weight excluding hydrogens is 299 g/mol. The fraction of sp³-hybridized carbons (Fsp3) is 0.529. The molecule has 1 aromatic carbocycles. The average molecular weight is 322 g/mol. The molecule has 0 spiro atoms. The van der Waals surface area contributed by atoms with Gasteiger partial charge in [0.1, 0.15) is 11.6 Å². The zero-order valence-corrected chi connectivity index (χ0v) is 14.3. The molecular formula is C17H23FN2OS. The van der Waals surface area contributed by atoms with Crippen LogP contribution in [0.25, 0.3) is 0 Å². The van der Waals surface area contributed by atoms with Gasteiger partial charge in [0.25, 0.3) is 0 Å². The van der Waals surface area contributed by atoms with Crippen LogP contribution in [0.5, 0.6) is 0 Å². The van der Waals surface area contributed by atoms with Crippen molar-refractivity contribution in [2.24, 2.45) is 10.8 Å². The molecule has 0 bridgehead atoms. The van der Waals surface area contributed by atoms with E-state index in [1.54, 1.807) is 12.1 Å². The summed E-state index contributed by atoms with van der Waals surface area (Å²) < 4.78 is 12.9. The van der Waals surface area contributed by atoms with Gasteiger partial charge in [0.2, 0.25) is 0 Å². The van der Waals surface area contributed by atoms with Gasteiger partial charge in [-0.3, -0.25) is 4.79 Å². The van der Waals surface area contributed by atoms with Gasteiger partial charge in [0.05, 0.1) is 0 Å². The Balaban J connectivity index is 2.08. The van der Waals surface area contributed by atoms with Crippen LogP contribution in [0.2, 0.25) is 0 Å². The van der Waals surface area contributed by atoms with E-state index in [1.807, 2.05) is 0 Å². The summed E-state index contributed by atoms with van der Waals surface area (Å²) in [5, 5.41) is 6.92. The van der Waals surface area contributed by atoms with Crippen LogP contribution in [0.3, 0.4) is 0 Å². The molecule has 5 heteroatoms. The molecule has 0 aromatic heterocycles. The number of carbonyl (C=O) groups excluding carboxylic acids is 1. The third-order valence-corrected chi connectivity index (χ3v) is 4.47. The van der Waals surface area contributed by atoms with E-state index in [4.69, 9.17) is 12.2 Å². The second-order valence-corrected chi connectivity index (χ2v) is 7.82. The lowest BCUT2D eigenvalue weighted by Crippen LogP contribution is -2.58. The highest BCUT2D eigenvalue weighted by Gasteiger charge is 2.47. The summed E-state index contributed by atoms with van der Waals surface area (Å²) >= 11 is 5.38. The Labute approximate surface area is 136 Å². The Morgan fingerprint density at radius 1 is 1.14 bits per heavy atom. The average Bonchev–Trinajstić information content (AvgIpc) is 2.35. The van der Waals surface area contributed by atoms with E-state index in [9.17, 15) is 9.18 Å². The monoisotopic (exact) mass is 322 g/mol. The molecule has 3 nitrogen and oxygen atoms in total. The molecule has 0 unspecified atom stereocenters. The smallest absolute Gasteiger partial charge is 0.171 e. The number of anilines is 1. The van der Waals surface area contributed by atoms with E-state index < -0.39 is 0 Å². The van der Waals surface area contributed by atoms with Gasteiger partial charge >= 0.3 is 0 Å². The highest BCUT2D eigenvalue weighted by atomic mass is 32.1. The molecule has 0 amide bonds. The first-order valence-corrected chi connectivity index (χ1v) is 7.86. The maximum Gasteiger partial charge on any atom is 0.171 e. The summed E-state index contributed by atoms with van der Waals surface area (Å²) in [6.07, 6.45) is 1.10. The molecule has 1 aliphatic rings. The summed E-state index contributed by atoms with van der Waals surface area (Å²) in [6.45, 7) is 8.35. The molecule has 2 rings (SSSR count). The number of benzene rings is 1. The lowest BCUT2D eigenvalue weighted by Gasteiger charge is -2.49. The summed E-state index contributed by atoms with van der Waals surface area (Å²) in [6, 6.07) is 6.14. The number of thiocarbonyl (C=S) groups is 1. The van der Waals surface area contributed by atoms with Crippen LogP contribution < -0.4 is 10.6 Å². The minimum atomic E-state index is -0.280. The number of ketones is 1. The van der Waals surface area contributed by atoms with Gasteiger partial charge in [-0.15, -0.1) is 0 Å². The molecule has 1 aliphatic carbocycles. The Kier molecular flexibility index (Phi) is 4.57. The first kappa shape index (κ1) is 16.9. The molecule has 0 aliphatic heterocycles. The van der Waals surface area contributed by atoms with Crippen LogP contribution in [0, 0.1) is 16.6 Å². The predicted octanol–water partition coefficient (Wildman–Crippen LogP) is 3.90. The third-order valence-electron chi connectivity index (χ3n) is 4.25. The second kappa shape index (κ2) is 5.95. The quantitative estimate of drug-likeness (QED) is 0.810. The van der Waals surface area contributed by atoms with Gasteiger partial charge in [0, 0.05) is 24.6 Å². The van der Waals surface area contributed by atoms with E-state index in [0.29, 0.717) is 23.7 Å². The fourth-order valence-electron chi connectivity index (χ4n) is 3.56. The van der Waals surface area contributed by atoms with Crippen molar-refractivity contribution in [3.8, 4) is 0 Å². The molecule has 0 saturated heterocycles. The Hall–Kier alpha value is -1.49. The SMILES string of the molecule is CC1(C)CC(=O)CC(C)(C)C1NC(=S)Nc1ccc(F)cc1. The molecule has 0 radical (unpaired) electrons. The normalized spacial score (nSPS) is 20.5. The molecule has 1 aromatic rings. The standard InChI is InChI=1S/C17H23FN2OS/c1-16(2)9-13(21)10-17(3,4)14(16)20-15(22)19-12-7-5-11(18)6-8-12/h5-8,14H,9-10H2,1-4H3,(H2,19,20,22). The minimum absolute atomic E-state index is 0.0816. The Bertz CT molecular complexity index is 561. The molecule has 1 saturated carbocycles. The molecule has 120 valence electrons. The van der Waals surface area contributed by atoms with Gasteiger partial charge in [-0.2, -0.15) is 0 Å². The molecule has 2 N–H and O–H groups in total. The van der Waals surface area contributed by atoms with Crippen LogP contribution in [0.4, 0.5) is 10.1 Å². The number of hydrogen-bond donors (Lipinski definition) is 2. The summed E-state index contributed by atoms with van der Waals surface area (Å²) in [7, 11) is 0. The maximum atomic E-state index is 12.9. The molecule has 22 heavy (non-hydrogen) atoms. The van der Waals surface area contributed by atoms with Crippen molar-refractivity contribution >= 4 is 28.8 Å². The number of hydrogen-bond acceptors (Lipinski definition) is 2. The predicted molar refractivity (Wildman–Crippen MR) is 91.3 cm³/mol. The molecule has 0 heterocycles. The number of halogens is 1. The number of Topliss-reactive ketones (excluding diaryl/α,β-unsaturated/α-hetero) is 1. The number of nitrogens with one attached hydrogen (secondary N) is 2. The minimum Gasteiger partial charge on any atom is -0.359 e. The zero-order chi connectivity index (χ0) is 16.5. The van der Waals surface area contributed by atoms with Crippen LogP contribution >= 0.6 is 12.2 Å². The maximum absolute atomic E-state index is 12.9. The van der Waals surface area contributed by atoms with Crippen LogP contribution in [0.15, 0.2) is 24.3 Å². The second-order valence-electron chi connectivity index (χ2n) is 7.41. The molecule has 1 fully saturated rings. The van der Waals surface area contributed by atoms with Crippen LogP contribution in [-0.2, 0) is 4.79 Å². The van der Waals surface area contributed by atoms with E-state index in [-0.39, 0.29) is 22.7 Å². The summed E-state index contributed by atoms with van der Waals surface area (Å²) in [5.74, 6) is 0.0166. The lowest BCUT2D eigenvalue weighted by molar-refractivity contribution is -0.128. The first-order chi connectivity index (χ1) is 10.1. The highest BCUT2D eigenvalue weighted by Crippen LogP contribution is 2.44. The van der Waals surface area contributed by atoms with Crippen molar-refractivity contribution in [2.45, 2.75) is 46.6 Å². The van der Waals surface area contributed by atoms with Crippen molar-refractivity contribution < 1.29 is 9.18 Å². The Morgan fingerprint density at radius 3 is 2.14 bits per heavy atom. The van der Waals surface area contributed by atoms with Gasteiger partial charge in [0.15, 0.2) is 5.11 Å². The van der Waals surface area contributed by atoms with Crippen molar-refractivity contribution in [3.05, 3.63) is 30.1 Å². The summed E-state index contributed by atoms with van der Waals surface area (Å²) in [4.78, 5) is 11.9. The van der Waals surface area contributed by atoms with E-state index >= 15 is 0 Å². The van der Waals surface area contributed by atoms with Crippen molar-refractivity contribution in [1.29, 1.82) is 0 Å². The van der Waals surface area contributed by atoms with E-state index in [1.165, 1.54) is 12.1 Å². The topological polar surface area (TPSA) is 41.1 Å². The number of carbonyl (C=O) groups is 1. The first-order valence-electron chi connectivity index (χ1n) is 7.45. The summed E-state index contributed by atoms with van der Waals surface area (Å²) in [5.41, 5.74) is 0.391. The van der Waals surface area contributed by atoms with Gasteiger partial charge in [-0.25, -0.2) is 4.39 Å². The third kappa shape index (κ3) is 3.83. The van der Waals surface area contributed by atoms with Gasteiger partial charge in [-0.05, 0) is 47.3 Å². The molecule has 0 atom stereocenters. The van der Waals surface area contributed by atoms with Crippen LogP contribution in [0.1, 0.15) is 40.5 Å². The van der Waals surface area contributed by atoms with Gasteiger partial charge < -0.3 is 10.6 Å². The largest absolute Gasteiger partial charge is 0.359 e. The number of rotatable bonds is 2. The lowest BCUT2D eigenvalue weighted by atomic mass is 9.61. The van der Waals surface area contributed by atoms with Gasteiger partial charge in [-0.1, -0.05) is 27.7 Å². The van der Waals surface area contributed by atoms with E-state index in [2.05, 4.69) is 38.3 Å². The van der Waals surface area contributed by atoms with Crippen molar-refractivity contribution in [1.82, 2.24) is 5.32 Å². The fourth-order valence-corrected chi connectivity index (χ4v) is 3.80. The Morgan fingerprint density at radius 2 is 1.64 bits per heavy atom. The van der Waals surface area contributed by atoms with Crippen molar-refractivity contribution in [2.75, 3.05) is 5.32 Å². The highest BCUT2D eigenvalue weighted by molar-refractivity contribution is 7.80. The van der Waals surface area contributed by atoms with Crippen LogP contribution in [-0.4, -0.2) is 16.9 Å². The zero-order valence-electron chi connectivity index (χ0n) is 13.5. The van der Waals surface area contributed by atoms with E-state index in [0.717, 1.165) is 5.69 Å².